The van der Waals surface area contributed by atoms with Gasteiger partial charge < -0.3 is 10.1 Å². The van der Waals surface area contributed by atoms with Crippen LogP contribution in [0.25, 0.3) is 0 Å². The number of nitrogens with one attached hydrogen (secondary N) is 1. The molecule has 0 atom stereocenters. The molecule has 1 N–H and O–H groups in total. The zero-order valence-corrected chi connectivity index (χ0v) is 15.7. The molecule has 0 fully saturated rings. The van der Waals surface area contributed by atoms with Gasteiger partial charge in [-0.3, -0.25) is 4.79 Å². The van der Waals surface area contributed by atoms with Crippen molar-refractivity contribution in [1.82, 2.24) is 4.31 Å². The van der Waals surface area contributed by atoms with Gasteiger partial charge in [0, 0.05) is 18.8 Å². The van der Waals surface area contributed by atoms with Crippen molar-refractivity contribution in [2.45, 2.75) is 25.4 Å². The molecular weight excluding hydrogens is 378 g/mol. The minimum Gasteiger partial charge on any atom is -0.434 e. The van der Waals surface area contributed by atoms with Gasteiger partial charge in [-0.1, -0.05) is 32.0 Å². The number of hydrogen-bond donors (Lipinski definition) is 1. The lowest BCUT2D eigenvalue weighted by molar-refractivity contribution is -0.0501. The fraction of sp³-hybridized carbons (Fsp3) is 0.278. The van der Waals surface area contributed by atoms with Crippen LogP contribution in [0, 0.1) is 0 Å². The number of carbonyl (C=O) groups is 1. The average Bonchev–Trinajstić information content (AvgIpc) is 2.62. The van der Waals surface area contributed by atoms with Crippen molar-refractivity contribution in [3.8, 4) is 5.75 Å². The Morgan fingerprint density at radius 1 is 1.11 bits per heavy atom. The molecule has 0 radical (unpaired) electrons. The van der Waals surface area contributed by atoms with Crippen LogP contribution in [0.4, 0.5) is 14.5 Å². The van der Waals surface area contributed by atoms with Crippen molar-refractivity contribution in [3.05, 3.63) is 54.1 Å². The van der Waals surface area contributed by atoms with Crippen LogP contribution in [-0.2, 0) is 10.0 Å². The van der Waals surface area contributed by atoms with Gasteiger partial charge in [0.15, 0.2) is 0 Å². The number of nitrogens with zero attached hydrogens (tertiary/aromatic N) is 1. The maximum absolute atomic E-state index is 12.6. The molecule has 2 aromatic rings. The Hall–Kier alpha value is -2.52. The van der Waals surface area contributed by atoms with E-state index in [1.54, 1.807) is 13.8 Å². The van der Waals surface area contributed by atoms with Crippen LogP contribution in [0.15, 0.2) is 53.4 Å². The molecule has 2 rings (SSSR count). The van der Waals surface area contributed by atoms with E-state index in [4.69, 9.17) is 0 Å². The molecule has 0 bridgehead atoms. The summed E-state index contributed by atoms with van der Waals surface area (Å²) in [7, 11) is -3.69. The number of para-hydroxylation sites is 1. The third-order valence-corrected chi connectivity index (χ3v) is 5.83. The van der Waals surface area contributed by atoms with Crippen molar-refractivity contribution < 1.29 is 26.7 Å². The van der Waals surface area contributed by atoms with E-state index in [1.807, 2.05) is 0 Å². The Bertz CT molecular complexity index is 900. The number of anilines is 1. The van der Waals surface area contributed by atoms with Crippen molar-refractivity contribution in [2.75, 3.05) is 18.4 Å². The first-order valence-corrected chi connectivity index (χ1v) is 9.69. The van der Waals surface area contributed by atoms with Crippen LogP contribution in [0.5, 0.6) is 5.75 Å². The number of alkyl halides is 2. The fourth-order valence-electron chi connectivity index (χ4n) is 2.50. The van der Waals surface area contributed by atoms with E-state index < -0.39 is 22.5 Å². The molecule has 1 amide bonds. The second kappa shape index (κ2) is 8.92. The molecule has 2 aromatic carbocycles. The molecule has 0 aliphatic heterocycles. The van der Waals surface area contributed by atoms with Gasteiger partial charge in [-0.2, -0.15) is 13.1 Å². The van der Waals surface area contributed by atoms with E-state index in [2.05, 4.69) is 10.1 Å². The normalized spacial score (nSPS) is 11.6. The van der Waals surface area contributed by atoms with Crippen LogP contribution in [0.2, 0.25) is 0 Å². The molecule has 27 heavy (non-hydrogen) atoms. The predicted molar refractivity (Wildman–Crippen MR) is 97.6 cm³/mol. The van der Waals surface area contributed by atoms with Gasteiger partial charge in [0.25, 0.3) is 5.91 Å². The van der Waals surface area contributed by atoms with E-state index >= 15 is 0 Å². The molecule has 0 aliphatic rings. The summed E-state index contributed by atoms with van der Waals surface area (Å²) < 4.78 is 55.8. The van der Waals surface area contributed by atoms with Gasteiger partial charge in [-0.25, -0.2) is 8.42 Å². The third-order valence-electron chi connectivity index (χ3n) is 3.78. The van der Waals surface area contributed by atoms with Crippen LogP contribution >= 0.6 is 0 Å². The van der Waals surface area contributed by atoms with Crippen LogP contribution in [0.3, 0.4) is 0 Å². The van der Waals surface area contributed by atoms with E-state index in [9.17, 15) is 22.0 Å². The second-order valence-corrected chi connectivity index (χ2v) is 7.38. The molecule has 9 heteroatoms. The van der Waals surface area contributed by atoms with Crippen molar-refractivity contribution >= 4 is 21.6 Å². The van der Waals surface area contributed by atoms with Gasteiger partial charge in [0.2, 0.25) is 10.0 Å². The monoisotopic (exact) mass is 398 g/mol. The maximum atomic E-state index is 12.6. The number of carbonyl (C=O) groups excluding carboxylic acids is 1. The molecule has 0 aromatic heterocycles. The molecular formula is C18H20F2N2O4S. The summed E-state index contributed by atoms with van der Waals surface area (Å²) in [6.45, 7) is 1.02. The Balaban J connectivity index is 2.28. The van der Waals surface area contributed by atoms with E-state index in [0.29, 0.717) is 13.1 Å². The first-order chi connectivity index (χ1) is 12.8. The van der Waals surface area contributed by atoms with Crippen molar-refractivity contribution in [3.63, 3.8) is 0 Å². The molecule has 0 spiro atoms. The second-order valence-electron chi connectivity index (χ2n) is 5.45. The first-order valence-electron chi connectivity index (χ1n) is 8.25. The summed E-state index contributed by atoms with van der Waals surface area (Å²) in [5, 5.41) is 2.51. The summed E-state index contributed by atoms with van der Waals surface area (Å²) in [5.74, 6) is -0.958. The van der Waals surface area contributed by atoms with Crippen molar-refractivity contribution in [2.24, 2.45) is 0 Å². The van der Waals surface area contributed by atoms with Gasteiger partial charge in [0.05, 0.1) is 10.5 Å². The SMILES string of the molecule is CCN(CC)S(=O)(=O)c1cccc(NC(=O)c2ccccc2OC(F)F)c1. The highest BCUT2D eigenvalue weighted by molar-refractivity contribution is 7.89. The Kier molecular flexibility index (Phi) is 6.86. The zero-order chi connectivity index (χ0) is 20.0. The lowest BCUT2D eigenvalue weighted by Crippen LogP contribution is -2.30. The van der Waals surface area contributed by atoms with Crippen molar-refractivity contribution in [1.29, 1.82) is 0 Å². The number of ether oxygens (including phenoxy) is 1. The van der Waals surface area contributed by atoms with E-state index in [0.717, 1.165) is 0 Å². The van der Waals surface area contributed by atoms with Gasteiger partial charge >= 0.3 is 6.61 Å². The lowest BCUT2D eigenvalue weighted by atomic mass is 10.2. The van der Waals surface area contributed by atoms with Crippen LogP contribution in [0.1, 0.15) is 24.2 Å². The van der Waals surface area contributed by atoms with Gasteiger partial charge in [0.1, 0.15) is 5.75 Å². The van der Waals surface area contributed by atoms with E-state index in [-0.39, 0.29) is 21.9 Å². The van der Waals surface area contributed by atoms with Crippen LogP contribution < -0.4 is 10.1 Å². The largest absolute Gasteiger partial charge is 0.434 e. The minimum absolute atomic E-state index is 0.0288. The number of halogens is 2. The molecule has 0 aliphatic carbocycles. The quantitative estimate of drug-likeness (QED) is 0.738. The number of hydrogen-bond acceptors (Lipinski definition) is 4. The summed E-state index contributed by atoms with van der Waals surface area (Å²) in [6.07, 6.45) is 0. The zero-order valence-electron chi connectivity index (χ0n) is 14.9. The standard InChI is InChI=1S/C18H20F2N2O4S/c1-3-22(4-2)27(24,25)14-9-7-8-13(12-14)21-17(23)15-10-5-6-11-16(15)26-18(19)20/h5-12,18H,3-4H2,1-2H3,(H,21,23). The highest BCUT2D eigenvalue weighted by atomic mass is 32.2. The maximum Gasteiger partial charge on any atom is 0.387 e. The first kappa shape index (κ1) is 20.8. The third kappa shape index (κ3) is 5.01. The number of benzene rings is 2. The molecule has 0 saturated carbocycles. The summed E-state index contributed by atoms with van der Waals surface area (Å²) in [6, 6.07) is 11.3. The van der Waals surface area contributed by atoms with E-state index in [1.165, 1.54) is 52.8 Å². The Morgan fingerprint density at radius 3 is 2.41 bits per heavy atom. The fourth-order valence-corrected chi connectivity index (χ4v) is 4.00. The summed E-state index contributed by atoms with van der Waals surface area (Å²) in [4.78, 5) is 12.5. The summed E-state index contributed by atoms with van der Waals surface area (Å²) in [5.41, 5.74) is 0.134. The smallest absolute Gasteiger partial charge is 0.387 e. The highest BCUT2D eigenvalue weighted by Gasteiger charge is 2.22. The molecule has 0 heterocycles. The topological polar surface area (TPSA) is 75.7 Å². The number of amides is 1. The Morgan fingerprint density at radius 2 is 1.78 bits per heavy atom. The lowest BCUT2D eigenvalue weighted by Gasteiger charge is -2.19. The number of sulfonamides is 1. The minimum atomic E-state index is -3.69. The highest BCUT2D eigenvalue weighted by Crippen LogP contribution is 2.23. The number of rotatable bonds is 8. The van der Waals surface area contributed by atoms with Crippen LogP contribution in [-0.4, -0.2) is 38.3 Å². The molecule has 0 unspecified atom stereocenters. The molecule has 146 valence electrons. The predicted octanol–water partition coefficient (Wildman–Crippen LogP) is 3.57. The average molecular weight is 398 g/mol. The van der Waals surface area contributed by atoms with Gasteiger partial charge in [-0.15, -0.1) is 0 Å². The molecule has 0 saturated heterocycles. The summed E-state index contributed by atoms with van der Waals surface area (Å²) >= 11 is 0. The van der Waals surface area contributed by atoms with Gasteiger partial charge in [-0.05, 0) is 30.3 Å². The molecule has 6 nitrogen and oxygen atoms in total. The Labute approximate surface area is 156 Å².